The quantitative estimate of drug-likeness (QED) is 0.563. The molecular formula is C5H7Cl3. The molecule has 0 saturated heterocycles. The van der Waals surface area contributed by atoms with Gasteiger partial charge in [-0.25, -0.2) is 0 Å². The van der Waals surface area contributed by atoms with Crippen LogP contribution in [0, 0.1) is 0 Å². The molecule has 0 N–H and O–H groups in total. The van der Waals surface area contributed by atoms with E-state index in [1.54, 1.807) is 0 Å². The summed E-state index contributed by atoms with van der Waals surface area (Å²) in [6, 6.07) is 0. The summed E-state index contributed by atoms with van der Waals surface area (Å²) in [4.78, 5) is 0. The highest BCUT2D eigenvalue weighted by molar-refractivity contribution is 6.36. The van der Waals surface area contributed by atoms with E-state index in [2.05, 4.69) is 0 Å². The first-order valence-corrected chi connectivity index (χ1v) is 3.63. The van der Waals surface area contributed by atoms with Gasteiger partial charge in [0, 0.05) is 10.9 Å². The van der Waals surface area contributed by atoms with Gasteiger partial charge < -0.3 is 0 Å². The largest absolute Gasteiger partial charge is 0.122 e. The van der Waals surface area contributed by atoms with Crippen molar-refractivity contribution in [1.82, 2.24) is 0 Å². The van der Waals surface area contributed by atoms with Gasteiger partial charge in [-0.3, -0.25) is 0 Å². The van der Waals surface area contributed by atoms with Crippen LogP contribution >= 0.6 is 34.8 Å². The normalized spacial score (nSPS) is 13.5. The highest BCUT2D eigenvalue weighted by Gasteiger charge is 1.93. The van der Waals surface area contributed by atoms with Gasteiger partial charge in [-0.1, -0.05) is 11.6 Å². The molecule has 0 amide bonds. The third-order valence-electron chi connectivity index (χ3n) is 0.781. The molecule has 0 fully saturated rings. The number of allylic oxidation sites excluding steroid dienone is 2. The van der Waals surface area contributed by atoms with Crippen LogP contribution in [-0.2, 0) is 0 Å². The van der Waals surface area contributed by atoms with Crippen molar-refractivity contribution in [2.75, 3.05) is 11.8 Å². The van der Waals surface area contributed by atoms with Crippen LogP contribution in [-0.4, -0.2) is 11.8 Å². The van der Waals surface area contributed by atoms with Gasteiger partial charge in [-0.05, 0) is 12.5 Å². The molecule has 0 unspecified atom stereocenters. The Balaban J connectivity index is 3.83. The van der Waals surface area contributed by atoms with E-state index < -0.39 is 0 Å². The van der Waals surface area contributed by atoms with Crippen LogP contribution in [0.3, 0.4) is 0 Å². The number of halogens is 3. The summed E-state index contributed by atoms with van der Waals surface area (Å²) in [6.45, 7) is 1.86. The van der Waals surface area contributed by atoms with Crippen molar-refractivity contribution in [2.45, 2.75) is 6.92 Å². The van der Waals surface area contributed by atoms with E-state index in [0.29, 0.717) is 16.8 Å². The highest BCUT2D eigenvalue weighted by atomic mass is 35.5. The van der Waals surface area contributed by atoms with Gasteiger partial charge in [-0.2, -0.15) is 0 Å². The predicted octanol–water partition coefficient (Wildman–Crippen LogP) is 2.98. The molecule has 0 aromatic heterocycles. The van der Waals surface area contributed by atoms with Crippen LogP contribution in [0.25, 0.3) is 0 Å². The fourth-order valence-electron chi connectivity index (χ4n) is 0.187. The molecule has 8 heavy (non-hydrogen) atoms. The van der Waals surface area contributed by atoms with Gasteiger partial charge in [-0.15, -0.1) is 23.2 Å². The molecule has 0 aromatic rings. The molecule has 0 rings (SSSR count). The summed E-state index contributed by atoms with van der Waals surface area (Å²) in [5, 5.41) is 0.654. The van der Waals surface area contributed by atoms with E-state index >= 15 is 0 Å². The molecular weight excluding hydrogens is 166 g/mol. The van der Waals surface area contributed by atoms with Crippen molar-refractivity contribution in [3.63, 3.8) is 0 Å². The summed E-state index contributed by atoms with van der Waals surface area (Å²) in [5.74, 6) is 0.825. The topological polar surface area (TPSA) is 0 Å². The minimum absolute atomic E-state index is 0.361. The maximum atomic E-state index is 5.58. The first-order chi connectivity index (χ1) is 3.72. The van der Waals surface area contributed by atoms with Crippen LogP contribution < -0.4 is 0 Å². The molecule has 0 aliphatic carbocycles. The Morgan fingerprint density at radius 2 is 1.75 bits per heavy atom. The zero-order chi connectivity index (χ0) is 6.57. The van der Waals surface area contributed by atoms with E-state index in [0.717, 1.165) is 5.57 Å². The van der Waals surface area contributed by atoms with Crippen molar-refractivity contribution >= 4 is 34.8 Å². The van der Waals surface area contributed by atoms with E-state index in [9.17, 15) is 0 Å². The van der Waals surface area contributed by atoms with E-state index in [1.807, 2.05) is 6.92 Å². The maximum Gasteiger partial charge on any atom is 0.0581 e. The van der Waals surface area contributed by atoms with Gasteiger partial charge in [0.15, 0.2) is 0 Å². The lowest BCUT2D eigenvalue weighted by molar-refractivity contribution is 1.35. The third-order valence-corrected chi connectivity index (χ3v) is 2.04. The average Bonchev–Trinajstić information content (AvgIpc) is 1.84. The van der Waals surface area contributed by atoms with Crippen LogP contribution in [0.5, 0.6) is 0 Å². The number of alkyl halides is 2. The molecule has 0 heterocycles. The van der Waals surface area contributed by atoms with Crippen molar-refractivity contribution in [1.29, 1.82) is 0 Å². The first kappa shape index (κ1) is 8.61. The van der Waals surface area contributed by atoms with Crippen molar-refractivity contribution in [3.05, 3.63) is 10.6 Å². The Labute approximate surface area is 64.4 Å². The molecule has 0 radical (unpaired) electrons. The van der Waals surface area contributed by atoms with E-state index in [-0.39, 0.29) is 0 Å². The predicted molar refractivity (Wildman–Crippen MR) is 40.0 cm³/mol. The molecule has 0 saturated carbocycles. The van der Waals surface area contributed by atoms with Crippen LogP contribution in [0.15, 0.2) is 10.6 Å². The third kappa shape index (κ3) is 2.81. The van der Waals surface area contributed by atoms with Gasteiger partial charge in [0.2, 0.25) is 0 Å². The maximum absolute atomic E-state index is 5.58. The summed E-state index contributed by atoms with van der Waals surface area (Å²) in [6.07, 6.45) is 0. The second-order valence-corrected chi connectivity index (χ2v) is 2.44. The standard InChI is InChI=1S/C5H7Cl3/c1-4(2-6)5(8)3-7/h2-3H2,1H3/b5-4-. The fraction of sp³-hybridized carbons (Fsp3) is 0.600. The number of hydrogen-bond donors (Lipinski definition) is 0. The number of rotatable bonds is 2. The highest BCUT2D eigenvalue weighted by Crippen LogP contribution is 2.11. The van der Waals surface area contributed by atoms with Crippen LogP contribution in [0.4, 0.5) is 0 Å². The monoisotopic (exact) mass is 172 g/mol. The molecule has 0 nitrogen and oxygen atoms in total. The first-order valence-electron chi connectivity index (χ1n) is 2.18. The molecule has 48 valence electrons. The van der Waals surface area contributed by atoms with Crippen molar-refractivity contribution in [2.24, 2.45) is 0 Å². The zero-order valence-corrected chi connectivity index (χ0v) is 6.82. The molecule has 0 aromatic carbocycles. The number of hydrogen-bond acceptors (Lipinski definition) is 0. The molecule has 0 bridgehead atoms. The molecule has 0 aliphatic heterocycles. The lowest BCUT2D eigenvalue weighted by Gasteiger charge is -1.94. The second kappa shape index (κ2) is 4.49. The minimum atomic E-state index is 0.361. The molecule has 0 spiro atoms. The van der Waals surface area contributed by atoms with Crippen LogP contribution in [0.2, 0.25) is 0 Å². The smallest absolute Gasteiger partial charge is 0.0581 e. The van der Waals surface area contributed by atoms with Gasteiger partial charge in [0.25, 0.3) is 0 Å². The molecule has 3 heteroatoms. The Morgan fingerprint density at radius 1 is 1.25 bits per heavy atom. The molecule has 0 aliphatic rings. The second-order valence-electron chi connectivity index (χ2n) is 1.45. The van der Waals surface area contributed by atoms with E-state index in [1.165, 1.54) is 0 Å². The summed E-state index contributed by atoms with van der Waals surface area (Å²) >= 11 is 16.4. The SMILES string of the molecule is C/C(CCl)=C(/Cl)CCl. The van der Waals surface area contributed by atoms with Gasteiger partial charge >= 0.3 is 0 Å². The average molecular weight is 173 g/mol. The van der Waals surface area contributed by atoms with Gasteiger partial charge in [0.05, 0.1) is 5.88 Å². The summed E-state index contributed by atoms with van der Waals surface area (Å²) in [7, 11) is 0. The minimum Gasteiger partial charge on any atom is -0.122 e. The Morgan fingerprint density at radius 3 is 1.88 bits per heavy atom. The molecule has 0 atom stereocenters. The van der Waals surface area contributed by atoms with Crippen molar-refractivity contribution < 1.29 is 0 Å². The Hall–Kier alpha value is 0.610. The summed E-state index contributed by atoms with van der Waals surface area (Å²) in [5.41, 5.74) is 0.948. The fourth-order valence-corrected chi connectivity index (χ4v) is 0.711. The van der Waals surface area contributed by atoms with Gasteiger partial charge in [0.1, 0.15) is 0 Å². The Bertz CT molecular complexity index is 83.8. The lowest BCUT2D eigenvalue weighted by Crippen LogP contribution is -1.82. The van der Waals surface area contributed by atoms with Crippen LogP contribution in [0.1, 0.15) is 6.92 Å². The Kier molecular flexibility index (Phi) is 4.83. The lowest BCUT2D eigenvalue weighted by atomic mass is 10.3. The zero-order valence-electron chi connectivity index (χ0n) is 4.55. The van der Waals surface area contributed by atoms with E-state index in [4.69, 9.17) is 34.8 Å². The van der Waals surface area contributed by atoms with Crippen molar-refractivity contribution in [3.8, 4) is 0 Å². The summed E-state index contributed by atoms with van der Waals surface area (Å²) < 4.78 is 0.